The Bertz CT molecular complexity index is 151. The van der Waals surface area contributed by atoms with Gasteiger partial charge in [0.1, 0.15) is 0 Å². The van der Waals surface area contributed by atoms with Crippen LogP contribution in [0.5, 0.6) is 0 Å². The van der Waals surface area contributed by atoms with Crippen LogP contribution in [0.3, 0.4) is 0 Å². The first-order valence-corrected chi connectivity index (χ1v) is 4.48. The van der Waals surface area contributed by atoms with Crippen molar-refractivity contribution in [1.29, 1.82) is 0 Å². The minimum atomic E-state index is 0.365. The van der Waals surface area contributed by atoms with Crippen molar-refractivity contribution in [3.05, 3.63) is 12.3 Å². The van der Waals surface area contributed by atoms with Crippen LogP contribution in [0.2, 0.25) is 0 Å². The molecule has 0 amide bonds. The Morgan fingerprint density at radius 3 is 2.60 bits per heavy atom. The molecule has 0 aliphatic carbocycles. The average Bonchev–Trinajstić information content (AvgIpc) is 1.83. The molecule has 1 atom stereocenters. The molecule has 10 heavy (non-hydrogen) atoms. The number of hydrogen-bond donors (Lipinski definition) is 0. The van der Waals surface area contributed by atoms with Crippen LogP contribution in [0.1, 0.15) is 20.3 Å². The smallest absolute Gasteiger partial charge is 0.0890 e. The average molecular weight is 204 g/mol. The van der Waals surface area contributed by atoms with Gasteiger partial charge in [-0.15, -0.1) is 0 Å². The quantitative estimate of drug-likeness (QED) is 0.433. The molecular weight excluding hydrogens is 190 g/mol. The molecule has 0 aromatic rings. The van der Waals surface area contributed by atoms with Gasteiger partial charge in [-0.3, -0.25) is 0 Å². The molecule has 0 saturated carbocycles. The standard InChI is InChI=1S/C8H14BrN/c1-8(2)5-4-6-10(3)7(8)9/h4,6-7H,5H2,1-3H3. The normalized spacial score (nSPS) is 30.8. The lowest BCUT2D eigenvalue weighted by atomic mass is 9.87. The lowest BCUT2D eigenvalue weighted by molar-refractivity contribution is 0.219. The Balaban J connectivity index is 2.75. The number of rotatable bonds is 0. The van der Waals surface area contributed by atoms with Crippen LogP contribution in [0.15, 0.2) is 12.3 Å². The second kappa shape index (κ2) is 2.57. The van der Waals surface area contributed by atoms with Crippen LogP contribution in [0, 0.1) is 5.41 Å². The van der Waals surface area contributed by atoms with Crippen molar-refractivity contribution in [2.75, 3.05) is 7.05 Å². The van der Waals surface area contributed by atoms with Gasteiger partial charge in [-0.25, -0.2) is 0 Å². The highest BCUT2D eigenvalue weighted by Gasteiger charge is 2.30. The van der Waals surface area contributed by atoms with Gasteiger partial charge in [-0.1, -0.05) is 35.9 Å². The number of hydrogen-bond acceptors (Lipinski definition) is 1. The molecular formula is C8H14BrN. The molecule has 0 bridgehead atoms. The van der Waals surface area contributed by atoms with Crippen LogP contribution in [-0.2, 0) is 0 Å². The van der Waals surface area contributed by atoms with E-state index < -0.39 is 0 Å². The summed E-state index contributed by atoms with van der Waals surface area (Å²) in [5, 5.41) is 0. The van der Waals surface area contributed by atoms with Crippen LogP contribution in [-0.4, -0.2) is 16.9 Å². The van der Waals surface area contributed by atoms with E-state index in [1.54, 1.807) is 0 Å². The highest BCUT2D eigenvalue weighted by Crippen LogP contribution is 2.35. The first-order chi connectivity index (χ1) is 4.54. The van der Waals surface area contributed by atoms with Crippen molar-refractivity contribution in [3.8, 4) is 0 Å². The third kappa shape index (κ3) is 1.36. The highest BCUT2D eigenvalue weighted by molar-refractivity contribution is 9.09. The largest absolute Gasteiger partial charge is 0.368 e. The number of allylic oxidation sites excluding steroid dienone is 1. The van der Waals surface area contributed by atoms with Gasteiger partial charge >= 0.3 is 0 Å². The van der Waals surface area contributed by atoms with Crippen molar-refractivity contribution >= 4 is 15.9 Å². The van der Waals surface area contributed by atoms with Crippen molar-refractivity contribution < 1.29 is 0 Å². The zero-order chi connectivity index (χ0) is 7.78. The van der Waals surface area contributed by atoms with Gasteiger partial charge in [-0.05, 0) is 18.0 Å². The maximum atomic E-state index is 3.65. The van der Waals surface area contributed by atoms with Crippen molar-refractivity contribution in [1.82, 2.24) is 4.90 Å². The van der Waals surface area contributed by atoms with Crippen LogP contribution < -0.4 is 0 Å². The summed E-state index contributed by atoms with van der Waals surface area (Å²) < 4.78 is 0. The fourth-order valence-corrected chi connectivity index (χ4v) is 1.57. The van der Waals surface area contributed by atoms with Gasteiger partial charge < -0.3 is 4.90 Å². The van der Waals surface area contributed by atoms with Crippen molar-refractivity contribution in [2.24, 2.45) is 5.41 Å². The van der Waals surface area contributed by atoms with E-state index in [0.717, 1.165) is 6.42 Å². The van der Waals surface area contributed by atoms with Gasteiger partial charge in [0.15, 0.2) is 0 Å². The predicted octanol–water partition coefficient (Wildman–Crippen LogP) is 2.58. The second-order valence-corrected chi connectivity index (χ2v) is 4.45. The second-order valence-electron chi connectivity index (χ2n) is 3.58. The van der Waals surface area contributed by atoms with Crippen LogP contribution in [0.25, 0.3) is 0 Å². The molecule has 0 saturated heterocycles. The first kappa shape index (κ1) is 8.12. The monoisotopic (exact) mass is 203 g/mol. The topological polar surface area (TPSA) is 3.24 Å². The third-order valence-corrected chi connectivity index (χ3v) is 3.87. The fourth-order valence-electron chi connectivity index (χ4n) is 1.25. The Labute approximate surface area is 71.2 Å². The Kier molecular flexibility index (Phi) is 2.09. The van der Waals surface area contributed by atoms with Crippen molar-refractivity contribution in [3.63, 3.8) is 0 Å². The van der Waals surface area contributed by atoms with E-state index in [4.69, 9.17) is 0 Å². The van der Waals surface area contributed by atoms with Gasteiger partial charge in [0.2, 0.25) is 0 Å². The molecule has 1 aliphatic rings. The Morgan fingerprint density at radius 1 is 1.60 bits per heavy atom. The molecule has 0 spiro atoms. The van der Waals surface area contributed by atoms with Crippen LogP contribution in [0.4, 0.5) is 0 Å². The fraction of sp³-hybridized carbons (Fsp3) is 0.750. The number of alkyl halides is 1. The van der Waals surface area contributed by atoms with Gasteiger partial charge in [0.05, 0.1) is 4.95 Å². The summed E-state index contributed by atoms with van der Waals surface area (Å²) >= 11 is 3.65. The molecule has 2 heteroatoms. The summed E-state index contributed by atoms with van der Waals surface area (Å²) in [5.41, 5.74) is 0.365. The molecule has 0 aromatic heterocycles. The molecule has 0 N–H and O–H groups in total. The van der Waals surface area contributed by atoms with Gasteiger partial charge in [0.25, 0.3) is 0 Å². The maximum Gasteiger partial charge on any atom is 0.0890 e. The minimum absolute atomic E-state index is 0.365. The zero-order valence-electron chi connectivity index (χ0n) is 6.76. The molecule has 0 radical (unpaired) electrons. The van der Waals surface area contributed by atoms with E-state index in [9.17, 15) is 0 Å². The summed E-state index contributed by atoms with van der Waals surface area (Å²) in [6.45, 7) is 4.54. The molecule has 0 fully saturated rings. The Morgan fingerprint density at radius 2 is 2.20 bits per heavy atom. The summed E-state index contributed by atoms with van der Waals surface area (Å²) in [7, 11) is 2.09. The van der Waals surface area contributed by atoms with Crippen LogP contribution >= 0.6 is 15.9 Å². The number of halogens is 1. The Hall–Kier alpha value is 0.0200. The predicted molar refractivity (Wildman–Crippen MR) is 48.0 cm³/mol. The first-order valence-electron chi connectivity index (χ1n) is 3.57. The lowest BCUT2D eigenvalue weighted by Gasteiger charge is -2.38. The molecule has 1 aliphatic heterocycles. The van der Waals surface area contributed by atoms with E-state index >= 15 is 0 Å². The summed E-state index contributed by atoms with van der Waals surface area (Å²) in [5.74, 6) is 0. The van der Waals surface area contributed by atoms with Gasteiger partial charge in [0, 0.05) is 7.05 Å². The molecule has 1 rings (SSSR count). The molecule has 1 unspecified atom stereocenters. The summed E-state index contributed by atoms with van der Waals surface area (Å²) in [6, 6.07) is 0. The molecule has 1 nitrogen and oxygen atoms in total. The highest BCUT2D eigenvalue weighted by atomic mass is 79.9. The zero-order valence-corrected chi connectivity index (χ0v) is 8.35. The van der Waals surface area contributed by atoms with E-state index in [2.05, 4.69) is 54.0 Å². The SMILES string of the molecule is CN1C=CCC(C)(C)C1Br. The number of nitrogens with zero attached hydrogens (tertiary/aromatic N) is 1. The van der Waals surface area contributed by atoms with Crippen molar-refractivity contribution in [2.45, 2.75) is 25.2 Å². The lowest BCUT2D eigenvalue weighted by Crippen LogP contribution is -2.37. The van der Waals surface area contributed by atoms with E-state index in [1.807, 2.05) is 0 Å². The molecule has 1 heterocycles. The van der Waals surface area contributed by atoms with E-state index in [1.165, 1.54) is 0 Å². The molecule has 0 aromatic carbocycles. The van der Waals surface area contributed by atoms with E-state index in [-0.39, 0.29) is 0 Å². The minimum Gasteiger partial charge on any atom is -0.368 e. The summed E-state index contributed by atoms with van der Waals surface area (Å²) in [6.07, 6.45) is 5.51. The third-order valence-electron chi connectivity index (χ3n) is 1.99. The molecule has 58 valence electrons. The summed E-state index contributed by atoms with van der Waals surface area (Å²) in [4.78, 5) is 2.67. The van der Waals surface area contributed by atoms with E-state index in [0.29, 0.717) is 10.4 Å². The maximum absolute atomic E-state index is 3.65. The van der Waals surface area contributed by atoms with Gasteiger partial charge in [-0.2, -0.15) is 0 Å².